The number of nitrogens with one attached hydrogen (secondary N) is 1. The van der Waals surface area contributed by atoms with E-state index in [4.69, 9.17) is 15.9 Å². The number of benzene rings is 2. The molecule has 1 atom stereocenters. The third kappa shape index (κ3) is 5.36. The Balaban J connectivity index is 1.94. The third-order valence-corrected chi connectivity index (χ3v) is 5.62. The lowest BCUT2D eigenvalue weighted by atomic mass is 10.1. The maximum atomic E-state index is 13.4. The van der Waals surface area contributed by atoms with Gasteiger partial charge in [0.05, 0.1) is 11.3 Å². The van der Waals surface area contributed by atoms with Crippen molar-refractivity contribution >= 4 is 29.3 Å². The summed E-state index contributed by atoms with van der Waals surface area (Å²) in [6.45, 7) is 5.93. The van der Waals surface area contributed by atoms with Crippen LogP contribution in [0.2, 0.25) is 0 Å². The van der Waals surface area contributed by atoms with Gasteiger partial charge in [0.15, 0.2) is 0 Å². The molecule has 0 bridgehead atoms. The summed E-state index contributed by atoms with van der Waals surface area (Å²) in [6, 6.07) is 10.9. The van der Waals surface area contributed by atoms with Crippen LogP contribution in [0.1, 0.15) is 48.7 Å². The Morgan fingerprint density at radius 1 is 1.18 bits per heavy atom. The molecule has 0 aliphatic carbocycles. The minimum Gasteiger partial charge on any atom is -0.489 e. The van der Waals surface area contributed by atoms with E-state index < -0.39 is 17.9 Å². The zero-order valence-electron chi connectivity index (χ0n) is 19.6. The Hall–Kier alpha value is -3.88. The highest BCUT2D eigenvalue weighted by Gasteiger charge is 2.37. The van der Waals surface area contributed by atoms with E-state index in [0.29, 0.717) is 23.5 Å². The van der Waals surface area contributed by atoms with Crippen LogP contribution in [0, 0.1) is 11.3 Å². The fourth-order valence-electron chi connectivity index (χ4n) is 3.90. The number of rotatable bonds is 9. The second-order valence-corrected chi connectivity index (χ2v) is 8.67. The third-order valence-electron chi connectivity index (χ3n) is 5.62. The molecule has 0 aromatic heterocycles. The quantitative estimate of drug-likeness (QED) is 0.384. The van der Waals surface area contributed by atoms with Crippen LogP contribution in [-0.2, 0) is 16.2 Å². The molecule has 9 heteroatoms. The standard InChI is InChI=1S/C25H30N4O5/c1-4-20(25(32)33)29-13-22(30)28(12-15(2)3)21-10-9-18(11-19(21)24(29)31)34-14-16-5-7-17(8-6-16)23(26)27/h5-11,15,20H,4,12-14H2,1-3H3,(H3,26,27)(H,32,33). The first-order valence-corrected chi connectivity index (χ1v) is 11.2. The van der Waals surface area contributed by atoms with Gasteiger partial charge in [0, 0.05) is 12.1 Å². The van der Waals surface area contributed by atoms with Gasteiger partial charge in [0.1, 0.15) is 30.8 Å². The van der Waals surface area contributed by atoms with Crippen molar-refractivity contribution in [3.05, 3.63) is 59.2 Å². The number of nitrogens with two attached hydrogens (primary N) is 1. The Bertz CT molecular complexity index is 1100. The molecule has 0 fully saturated rings. The van der Waals surface area contributed by atoms with Crippen molar-refractivity contribution in [2.75, 3.05) is 18.0 Å². The molecule has 34 heavy (non-hydrogen) atoms. The summed E-state index contributed by atoms with van der Waals surface area (Å²) < 4.78 is 5.88. The minimum atomic E-state index is -1.15. The molecule has 1 unspecified atom stereocenters. The van der Waals surface area contributed by atoms with Crippen molar-refractivity contribution in [1.29, 1.82) is 5.41 Å². The molecule has 2 aromatic carbocycles. The highest BCUT2D eigenvalue weighted by Crippen LogP contribution is 2.31. The molecular weight excluding hydrogens is 436 g/mol. The molecule has 2 aromatic rings. The molecular formula is C25H30N4O5. The zero-order valence-corrected chi connectivity index (χ0v) is 19.6. The van der Waals surface area contributed by atoms with Crippen molar-refractivity contribution in [1.82, 2.24) is 4.90 Å². The number of amides is 2. The number of carbonyl (C=O) groups is 3. The van der Waals surface area contributed by atoms with Crippen LogP contribution in [0.5, 0.6) is 5.75 Å². The molecule has 0 spiro atoms. The summed E-state index contributed by atoms with van der Waals surface area (Å²) in [5.74, 6) is -1.43. The lowest BCUT2D eigenvalue weighted by Gasteiger charge is -2.27. The van der Waals surface area contributed by atoms with E-state index >= 15 is 0 Å². The maximum absolute atomic E-state index is 13.4. The molecule has 3 rings (SSSR count). The van der Waals surface area contributed by atoms with Crippen molar-refractivity contribution < 1.29 is 24.2 Å². The van der Waals surface area contributed by atoms with E-state index in [1.165, 1.54) is 0 Å². The van der Waals surface area contributed by atoms with Crippen LogP contribution in [0.3, 0.4) is 0 Å². The summed E-state index contributed by atoms with van der Waals surface area (Å²) in [4.78, 5) is 41.0. The molecule has 9 nitrogen and oxygen atoms in total. The molecule has 0 radical (unpaired) electrons. The largest absolute Gasteiger partial charge is 0.489 e. The molecule has 180 valence electrons. The number of nitrogens with zero attached hydrogens (tertiary/aromatic N) is 2. The summed E-state index contributed by atoms with van der Waals surface area (Å²) >= 11 is 0. The molecule has 0 saturated carbocycles. The average Bonchev–Trinajstić information content (AvgIpc) is 2.88. The Labute approximate surface area is 198 Å². The van der Waals surface area contributed by atoms with E-state index in [1.807, 2.05) is 13.8 Å². The van der Waals surface area contributed by atoms with Gasteiger partial charge >= 0.3 is 5.97 Å². The summed E-state index contributed by atoms with van der Waals surface area (Å²) in [7, 11) is 0. The fourth-order valence-corrected chi connectivity index (χ4v) is 3.90. The Morgan fingerprint density at radius 2 is 1.85 bits per heavy atom. The number of hydrogen-bond donors (Lipinski definition) is 3. The normalized spacial score (nSPS) is 14.6. The van der Waals surface area contributed by atoms with Gasteiger partial charge in [-0.3, -0.25) is 15.0 Å². The molecule has 1 aliphatic rings. The van der Waals surface area contributed by atoms with Crippen LogP contribution in [-0.4, -0.2) is 52.8 Å². The first-order valence-electron chi connectivity index (χ1n) is 11.2. The van der Waals surface area contributed by atoms with Crippen LogP contribution < -0.4 is 15.4 Å². The van der Waals surface area contributed by atoms with Gasteiger partial charge in [-0.25, -0.2) is 4.79 Å². The Kier molecular flexibility index (Phi) is 7.55. The maximum Gasteiger partial charge on any atom is 0.326 e. The van der Waals surface area contributed by atoms with Gasteiger partial charge in [0.2, 0.25) is 5.91 Å². The van der Waals surface area contributed by atoms with E-state index in [-0.39, 0.29) is 42.8 Å². The molecule has 0 saturated heterocycles. The van der Waals surface area contributed by atoms with Gasteiger partial charge in [-0.1, -0.05) is 45.0 Å². The number of amidine groups is 1. The smallest absolute Gasteiger partial charge is 0.326 e. The minimum absolute atomic E-state index is 0.0199. The lowest BCUT2D eigenvalue weighted by molar-refractivity contribution is -0.142. The van der Waals surface area contributed by atoms with Gasteiger partial charge < -0.3 is 25.4 Å². The predicted molar refractivity (Wildman–Crippen MR) is 128 cm³/mol. The van der Waals surface area contributed by atoms with Crippen molar-refractivity contribution in [2.45, 2.75) is 39.8 Å². The second kappa shape index (κ2) is 10.4. The number of anilines is 1. The number of aliphatic carboxylic acids is 1. The molecule has 2 amide bonds. The fraction of sp³-hybridized carbons (Fsp3) is 0.360. The van der Waals surface area contributed by atoms with Gasteiger partial charge in [-0.05, 0) is 36.1 Å². The number of hydrogen-bond acceptors (Lipinski definition) is 5. The van der Waals surface area contributed by atoms with Crippen LogP contribution >= 0.6 is 0 Å². The summed E-state index contributed by atoms with van der Waals surface area (Å²) in [5, 5.41) is 17.1. The Morgan fingerprint density at radius 3 is 2.41 bits per heavy atom. The number of carboxylic acid groups (broad SMARTS) is 1. The van der Waals surface area contributed by atoms with Crippen molar-refractivity contribution in [3.63, 3.8) is 0 Å². The summed E-state index contributed by atoms with van der Waals surface area (Å²) in [5.41, 5.74) is 7.62. The van der Waals surface area contributed by atoms with Crippen molar-refractivity contribution in [3.8, 4) is 5.75 Å². The highest BCUT2D eigenvalue weighted by molar-refractivity contribution is 6.10. The zero-order chi connectivity index (χ0) is 25.0. The van der Waals surface area contributed by atoms with Crippen LogP contribution in [0.4, 0.5) is 5.69 Å². The van der Waals surface area contributed by atoms with Gasteiger partial charge in [-0.2, -0.15) is 0 Å². The number of nitrogen functional groups attached to an aromatic ring is 1. The molecule has 4 N–H and O–H groups in total. The highest BCUT2D eigenvalue weighted by atomic mass is 16.5. The van der Waals surface area contributed by atoms with E-state index in [1.54, 1.807) is 54.3 Å². The van der Waals surface area contributed by atoms with Crippen LogP contribution in [0.25, 0.3) is 0 Å². The SMILES string of the molecule is CCC(C(=O)O)N1CC(=O)N(CC(C)C)c2ccc(OCc3ccc(C(=N)N)cc3)cc2C1=O. The number of ether oxygens (including phenoxy) is 1. The first-order chi connectivity index (χ1) is 16.1. The predicted octanol–water partition coefficient (Wildman–Crippen LogP) is 2.86. The number of carbonyl (C=O) groups excluding carboxylic acids is 2. The molecule has 1 heterocycles. The summed E-state index contributed by atoms with van der Waals surface area (Å²) in [6.07, 6.45) is 0.181. The number of carboxylic acids is 1. The first kappa shape index (κ1) is 24.8. The topological polar surface area (TPSA) is 137 Å². The van der Waals surface area contributed by atoms with E-state index in [0.717, 1.165) is 10.5 Å². The van der Waals surface area contributed by atoms with Crippen LogP contribution in [0.15, 0.2) is 42.5 Å². The monoisotopic (exact) mass is 466 g/mol. The second-order valence-electron chi connectivity index (χ2n) is 8.67. The lowest BCUT2D eigenvalue weighted by Crippen LogP contribution is -2.48. The van der Waals surface area contributed by atoms with E-state index in [2.05, 4.69) is 0 Å². The average molecular weight is 467 g/mol. The molecule has 1 aliphatic heterocycles. The number of fused-ring (bicyclic) bond motifs is 1. The van der Waals surface area contributed by atoms with Gasteiger partial charge in [-0.15, -0.1) is 0 Å². The van der Waals surface area contributed by atoms with E-state index in [9.17, 15) is 19.5 Å². The van der Waals surface area contributed by atoms with Gasteiger partial charge in [0.25, 0.3) is 5.91 Å². The van der Waals surface area contributed by atoms with Crippen molar-refractivity contribution in [2.24, 2.45) is 11.7 Å².